The molecule has 7 heteroatoms. The summed E-state index contributed by atoms with van der Waals surface area (Å²) in [7, 11) is 1.61. The third-order valence-electron chi connectivity index (χ3n) is 4.94. The van der Waals surface area contributed by atoms with E-state index in [2.05, 4.69) is 0 Å². The van der Waals surface area contributed by atoms with E-state index in [4.69, 9.17) is 15.2 Å². The van der Waals surface area contributed by atoms with Gasteiger partial charge in [0, 0.05) is 5.69 Å². The van der Waals surface area contributed by atoms with E-state index in [1.807, 2.05) is 30.3 Å². The number of aliphatic hydroxyl groups is 4. The first kappa shape index (κ1) is 19.6. The van der Waals surface area contributed by atoms with Crippen molar-refractivity contribution < 1.29 is 29.9 Å². The first-order chi connectivity index (χ1) is 12.9. The van der Waals surface area contributed by atoms with Crippen LogP contribution in [-0.2, 0) is 11.2 Å². The summed E-state index contributed by atoms with van der Waals surface area (Å²) in [5.41, 5.74) is 9.19. The minimum Gasteiger partial charge on any atom is -0.497 e. The Balaban J connectivity index is 1.85. The van der Waals surface area contributed by atoms with E-state index in [1.54, 1.807) is 19.2 Å². The Hall–Kier alpha value is -2.16. The number of hydrogen-bond donors (Lipinski definition) is 5. The molecule has 0 aliphatic carbocycles. The number of nitrogens with two attached hydrogens (primary N) is 1. The standard InChI is InChI=1S/C20H25NO6/c1-26-14-5-2-11(3-6-14)8-13-9-12(4-7-15(13)21)20-19(25)18(24)17(23)16(10-22)27-20/h2-7,9,16-20,22-25H,8,10,21H2,1H3/t16-,17-,18+,19-,20+/m1/s1. The molecule has 6 N–H and O–H groups in total. The lowest BCUT2D eigenvalue weighted by molar-refractivity contribution is -0.231. The van der Waals surface area contributed by atoms with Crippen LogP contribution in [-0.4, -0.2) is 58.6 Å². The average molecular weight is 375 g/mol. The number of methoxy groups -OCH3 is 1. The third kappa shape index (κ3) is 4.07. The van der Waals surface area contributed by atoms with Crippen LogP contribution in [0, 0.1) is 0 Å². The SMILES string of the molecule is COc1ccc(Cc2cc([C@@H]3O[C@H](CO)[C@@H](O)[C@H](O)[C@H]3O)ccc2N)cc1. The highest BCUT2D eigenvalue weighted by atomic mass is 16.5. The lowest BCUT2D eigenvalue weighted by Crippen LogP contribution is -2.55. The number of benzene rings is 2. The quantitative estimate of drug-likeness (QED) is 0.479. The maximum absolute atomic E-state index is 10.3. The van der Waals surface area contributed by atoms with Crippen molar-refractivity contribution in [3.8, 4) is 5.75 Å². The van der Waals surface area contributed by atoms with E-state index in [9.17, 15) is 20.4 Å². The molecule has 5 atom stereocenters. The van der Waals surface area contributed by atoms with Crippen LogP contribution in [0.25, 0.3) is 0 Å². The molecular formula is C20H25NO6. The molecule has 1 aliphatic rings. The first-order valence-corrected chi connectivity index (χ1v) is 8.76. The summed E-state index contributed by atoms with van der Waals surface area (Å²) in [5.74, 6) is 0.766. The van der Waals surface area contributed by atoms with E-state index in [1.165, 1.54) is 0 Å². The smallest absolute Gasteiger partial charge is 0.118 e. The monoisotopic (exact) mass is 375 g/mol. The molecular weight excluding hydrogens is 350 g/mol. The summed E-state index contributed by atoms with van der Waals surface area (Å²) in [5, 5.41) is 39.6. The predicted molar refractivity (Wildman–Crippen MR) is 99.4 cm³/mol. The number of ether oxygens (including phenoxy) is 2. The second kappa shape index (κ2) is 8.24. The molecule has 0 amide bonds. The lowest BCUT2D eigenvalue weighted by atomic mass is 9.89. The molecule has 1 fully saturated rings. The minimum atomic E-state index is -1.41. The molecule has 146 valence electrons. The Morgan fingerprint density at radius 1 is 1.00 bits per heavy atom. The molecule has 0 spiro atoms. The van der Waals surface area contributed by atoms with Gasteiger partial charge in [-0.2, -0.15) is 0 Å². The van der Waals surface area contributed by atoms with Crippen LogP contribution in [0.15, 0.2) is 42.5 Å². The molecule has 3 rings (SSSR count). The number of rotatable bonds is 5. The second-order valence-electron chi connectivity index (χ2n) is 6.73. The number of aliphatic hydroxyl groups excluding tert-OH is 4. The van der Waals surface area contributed by atoms with Gasteiger partial charge in [-0.05, 0) is 41.3 Å². The Kier molecular flexibility index (Phi) is 5.98. The van der Waals surface area contributed by atoms with Gasteiger partial charge in [0.05, 0.1) is 13.7 Å². The summed E-state index contributed by atoms with van der Waals surface area (Å²) in [6, 6.07) is 12.9. The summed E-state index contributed by atoms with van der Waals surface area (Å²) >= 11 is 0. The molecule has 2 aromatic rings. The maximum atomic E-state index is 10.3. The molecule has 1 aliphatic heterocycles. The highest BCUT2D eigenvalue weighted by Gasteiger charge is 2.43. The molecule has 2 aromatic carbocycles. The number of anilines is 1. The molecule has 0 saturated carbocycles. The average Bonchev–Trinajstić information content (AvgIpc) is 2.69. The van der Waals surface area contributed by atoms with Gasteiger partial charge >= 0.3 is 0 Å². The zero-order chi connectivity index (χ0) is 19.6. The van der Waals surface area contributed by atoms with E-state index in [0.29, 0.717) is 17.7 Å². The van der Waals surface area contributed by atoms with Gasteiger partial charge in [-0.3, -0.25) is 0 Å². The largest absolute Gasteiger partial charge is 0.497 e. The van der Waals surface area contributed by atoms with E-state index < -0.39 is 37.1 Å². The molecule has 27 heavy (non-hydrogen) atoms. The topological polar surface area (TPSA) is 125 Å². The van der Waals surface area contributed by atoms with Crippen molar-refractivity contribution in [2.24, 2.45) is 0 Å². The molecule has 0 bridgehead atoms. The summed E-state index contributed by atoms with van der Waals surface area (Å²) < 4.78 is 10.8. The van der Waals surface area contributed by atoms with Gasteiger partial charge in [0.25, 0.3) is 0 Å². The fourth-order valence-corrected chi connectivity index (χ4v) is 3.30. The van der Waals surface area contributed by atoms with Crippen molar-refractivity contribution in [3.05, 3.63) is 59.2 Å². The van der Waals surface area contributed by atoms with Crippen molar-refractivity contribution in [3.63, 3.8) is 0 Å². The van der Waals surface area contributed by atoms with Crippen LogP contribution in [0.3, 0.4) is 0 Å². The zero-order valence-electron chi connectivity index (χ0n) is 15.0. The van der Waals surface area contributed by atoms with Crippen molar-refractivity contribution in [2.75, 3.05) is 19.5 Å². The van der Waals surface area contributed by atoms with Crippen LogP contribution in [0.4, 0.5) is 5.69 Å². The van der Waals surface area contributed by atoms with Crippen LogP contribution in [0.2, 0.25) is 0 Å². The minimum absolute atomic E-state index is 0.463. The van der Waals surface area contributed by atoms with E-state index in [0.717, 1.165) is 16.9 Å². The van der Waals surface area contributed by atoms with Crippen molar-refractivity contribution in [2.45, 2.75) is 36.9 Å². The Morgan fingerprint density at radius 3 is 2.33 bits per heavy atom. The third-order valence-corrected chi connectivity index (χ3v) is 4.94. The Labute approximate surface area is 157 Å². The second-order valence-corrected chi connectivity index (χ2v) is 6.73. The molecule has 1 heterocycles. The van der Waals surface area contributed by atoms with Gasteiger partial charge in [0.15, 0.2) is 0 Å². The van der Waals surface area contributed by atoms with Crippen molar-refractivity contribution in [1.82, 2.24) is 0 Å². The van der Waals surface area contributed by atoms with Crippen LogP contribution in [0.5, 0.6) is 5.75 Å². The normalized spacial score (nSPS) is 28.1. The molecule has 7 nitrogen and oxygen atoms in total. The summed E-state index contributed by atoms with van der Waals surface area (Å²) in [6.07, 6.45) is -5.37. The molecule has 0 aromatic heterocycles. The van der Waals surface area contributed by atoms with Crippen LogP contribution >= 0.6 is 0 Å². The highest BCUT2D eigenvalue weighted by molar-refractivity contribution is 5.51. The molecule has 0 radical (unpaired) electrons. The number of nitrogen functional groups attached to an aromatic ring is 1. The molecule has 0 unspecified atom stereocenters. The molecule has 1 saturated heterocycles. The van der Waals surface area contributed by atoms with Gasteiger partial charge in [-0.25, -0.2) is 0 Å². The Bertz CT molecular complexity index is 764. The van der Waals surface area contributed by atoms with Crippen molar-refractivity contribution in [1.29, 1.82) is 0 Å². The van der Waals surface area contributed by atoms with Crippen LogP contribution < -0.4 is 10.5 Å². The van der Waals surface area contributed by atoms with Crippen LogP contribution in [0.1, 0.15) is 22.8 Å². The number of hydrogen-bond acceptors (Lipinski definition) is 7. The van der Waals surface area contributed by atoms with Gasteiger partial charge in [0.1, 0.15) is 36.3 Å². The van der Waals surface area contributed by atoms with E-state index in [-0.39, 0.29) is 0 Å². The Morgan fingerprint density at radius 2 is 1.70 bits per heavy atom. The lowest BCUT2D eigenvalue weighted by Gasteiger charge is -2.40. The van der Waals surface area contributed by atoms with Gasteiger partial charge in [-0.15, -0.1) is 0 Å². The predicted octanol–water partition coefficient (Wildman–Crippen LogP) is 0.383. The van der Waals surface area contributed by atoms with E-state index >= 15 is 0 Å². The van der Waals surface area contributed by atoms with Gasteiger partial charge in [-0.1, -0.05) is 24.3 Å². The maximum Gasteiger partial charge on any atom is 0.118 e. The summed E-state index contributed by atoms with van der Waals surface area (Å²) in [6.45, 7) is -0.463. The van der Waals surface area contributed by atoms with Gasteiger partial charge < -0.3 is 35.6 Å². The zero-order valence-corrected chi connectivity index (χ0v) is 15.0. The fourth-order valence-electron chi connectivity index (χ4n) is 3.30. The van der Waals surface area contributed by atoms with Crippen molar-refractivity contribution >= 4 is 5.69 Å². The summed E-state index contributed by atoms with van der Waals surface area (Å²) in [4.78, 5) is 0. The first-order valence-electron chi connectivity index (χ1n) is 8.76. The highest BCUT2D eigenvalue weighted by Crippen LogP contribution is 2.34. The van der Waals surface area contributed by atoms with Gasteiger partial charge in [0.2, 0.25) is 0 Å². The fraction of sp³-hybridized carbons (Fsp3) is 0.400.